The van der Waals surface area contributed by atoms with Gasteiger partial charge in [0.25, 0.3) is 0 Å². The summed E-state index contributed by atoms with van der Waals surface area (Å²) >= 11 is 0. The lowest BCUT2D eigenvalue weighted by molar-refractivity contribution is -0.261. The minimum Gasteiger partial charge on any atom is -0.463 e. The van der Waals surface area contributed by atoms with Gasteiger partial charge in [-0.3, -0.25) is 14.1 Å². The Balaban J connectivity index is 2.24. The van der Waals surface area contributed by atoms with Crippen molar-refractivity contribution in [3.63, 3.8) is 0 Å². The number of carbonyl (C=O) groups is 2. The van der Waals surface area contributed by atoms with E-state index in [4.69, 9.17) is 18.7 Å². The van der Waals surface area contributed by atoms with Crippen molar-refractivity contribution >= 4 is 19.7 Å². The van der Waals surface area contributed by atoms with Gasteiger partial charge in [-0.2, -0.15) is 0 Å². The fraction of sp³-hybridized carbons (Fsp3) is 0.688. The number of hydrogen-bond donors (Lipinski definition) is 1. The van der Waals surface area contributed by atoms with Crippen molar-refractivity contribution in [1.29, 1.82) is 0 Å². The van der Waals surface area contributed by atoms with Gasteiger partial charge in [-0.05, 0) is 5.92 Å². The Bertz CT molecular complexity index is 730. The first-order chi connectivity index (χ1) is 13.0. The summed E-state index contributed by atoms with van der Waals surface area (Å²) < 4.78 is 48.7. The molecule has 158 valence electrons. The van der Waals surface area contributed by atoms with Crippen LogP contribution in [0.15, 0.2) is 18.7 Å². The highest BCUT2D eigenvalue weighted by molar-refractivity contribution is 7.51. The van der Waals surface area contributed by atoms with E-state index in [9.17, 15) is 23.4 Å². The zero-order valence-corrected chi connectivity index (χ0v) is 16.8. The highest BCUT2D eigenvalue weighted by Gasteiger charge is 2.49. The minimum absolute atomic E-state index is 0.471. The van der Waals surface area contributed by atoms with Crippen LogP contribution in [0.5, 0.6) is 0 Å². The van der Waals surface area contributed by atoms with Crippen LogP contribution in [0.1, 0.15) is 27.7 Å². The number of alkyl halides is 1. The maximum atomic E-state index is 14.6. The quantitative estimate of drug-likeness (QED) is 0.516. The highest BCUT2D eigenvalue weighted by atomic mass is 31.2. The Kier molecular flexibility index (Phi) is 7.33. The van der Waals surface area contributed by atoms with E-state index >= 15 is 0 Å². The molecule has 7 atom stereocenters. The van der Waals surface area contributed by atoms with E-state index in [1.807, 2.05) is 0 Å². The molecule has 0 amide bonds. The first kappa shape index (κ1) is 22.5. The molecule has 0 aromatic carbocycles. The molecule has 1 fully saturated rings. The SMILES string of the molecule is CC(=O)OC[C@H](F)C1O[C@@H](OP(=O)(O)n2ccnc2)[C@H](OC(C)=O)C(C)[C@@H]1C. The van der Waals surface area contributed by atoms with Crippen LogP contribution in [0.2, 0.25) is 0 Å². The van der Waals surface area contributed by atoms with Crippen LogP contribution in [-0.4, -0.2) is 57.4 Å². The van der Waals surface area contributed by atoms with Gasteiger partial charge in [0.1, 0.15) is 12.9 Å². The fourth-order valence-electron chi connectivity index (χ4n) is 2.94. The third-order valence-corrected chi connectivity index (χ3v) is 5.86. The molecule has 1 aromatic heterocycles. The number of aromatic nitrogens is 2. The maximum absolute atomic E-state index is 14.6. The molecule has 0 saturated carbocycles. The first-order valence-electron chi connectivity index (χ1n) is 8.63. The Labute approximate surface area is 161 Å². The standard InChI is InChI=1S/C16H24FN2O8P/c1-9-10(2)15(25-12(4)21)16(26-14(9)13(17)7-24-11(3)20)27-28(22,23)19-6-5-18-8-19/h5-6,8-10,13-16H,7H2,1-4H3,(H,22,23)/t9-,10?,13-,14?,15+,16-/m0/s1. The molecule has 1 N–H and O–H groups in total. The molecule has 0 bridgehead atoms. The molecule has 3 unspecified atom stereocenters. The van der Waals surface area contributed by atoms with Crippen LogP contribution in [0.3, 0.4) is 0 Å². The summed E-state index contributed by atoms with van der Waals surface area (Å²) in [5.74, 6) is -2.25. The number of imidazole rings is 1. The van der Waals surface area contributed by atoms with Crippen molar-refractivity contribution in [2.45, 2.75) is 52.4 Å². The van der Waals surface area contributed by atoms with Gasteiger partial charge in [0.2, 0.25) is 6.29 Å². The molecule has 10 nitrogen and oxygen atoms in total. The van der Waals surface area contributed by atoms with Gasteiger partial charge < -0.3 is 19.1 Å². The number of carbonyl (C=O) groups excluding carboxylic acids is 2. The van der Waals surface area contributed by atoms with Crippen LogP contribution in [0.4, 0.5) is 4.39 Å². The predicted octanol–water partition coefficient (Wildman–Crippen LogP) is 1.68. The largest absolute Gasteiger partial charge is 0.463 e. The van der Waals surface area contributed by atoms with Crippen LogP contribution in [0, 0.1) is 11.8 Å². The number of ether oxygens (including phenoxy) is 3. The zero-order chi connectivity index (χ0) is 21.1. The average molecular weight is 422 g/mol. The Hall–Kier alpha value is -1.81. The Morgan fingerprint density at radius 3 is 2.54 bits per heavy atom. The molecule has 1 saturated heterocycles. The fourth-order valence-corrected chi connectivity index (χ4v) is 3.91. The second-order valence-electron chi connectivity index (χ2n) is 6.62. The van der Waals surface area contributed by atoms with Gasteiger partial charge in [-0.25, -0.2) is 18.3 Å². The van der Waals surface area contributed by atoms with Gasteiger partial charge in [-0.1, -0.05) is 13.8 Å². The van der Waals surface area contributed by atoms with Crippen molar-refractivity contribution in [2.75, 3.05) is 6.61 Å². The average Bonchev–Trinajstić information content (AvgIpc) is 3.14. The summed E-state index contributed by atoms with van der Waals surface area (Å²) in [6, 6.07) is 0. The van der Waals surface area contributed by atoms with E-state index in [-0.39, 0.29) is 0 Å². The van der Waals surface area contributed by atoms with Crippen molar-refractivity contribution in [3.05, 3.63) is 18.7 Å². The van der Waals surface area contributed by atoms with Crippen molar-refractivity contribution in [2.24, 2.45) is 11.8 Å². The van der Waals surface area contributed by atoms with Crippen LogP contribution >= 0.6 is 7.75 Å². The third kappa shape index (κ3) is 5.38. The summed E-state index contributed by atoms with van der Waals surface area (Å²) in [6.07, 6.45) is -1.82. The topological polar surface area (TPSA) is 126 Å². The highest BCUT2D eigenvalue weighted by Crippen LogP contribution is 2.48. The molecule has 2 rings (SSSR count). The van der Waals surface area contributed by atoms with Crippen LogP contribution in [0.25, 0.3) is 0 Å². The Morgan fingerprint density at radius 1 is 1.32 bits per heavy atom. The molecule has 1 aliphatic rings. The van der Waals surface area contributed by atoms with Gasteiger partial charge in [0.05, 0.1) is 6.10 Å². The predicted molar refractivity (Wildman–Crippen MR) is 92.6 cm³/mol. The molecule has 1 aromatic rings. The summed E-state index contributed by atoms with van der Waals surface area (Å²) in [5, 5.41) is 0. The second-order valence-corrected chi connectivity index (χ2v) is 8.27. The molecule has 0 spiro atoms. The summed E-state index contributed by atoms with van der Waals surface area (Å²) in [6.45, 7) is 5.14. The van der Waals surface area contributed by atoms with Crippen molar-refractivity contribution in [3.8, 4) is 0 Å². The summed E-state index contributed by atoms with van der Waals surface area (Å²) in [5.41, 5.74) is 0. The normalized spacial score (nSPS) is 30.9. The first-order valence-corrected chi connectivity index (χ1v) is 10.2. The molecule has 0 radical (unpaired) electrons. The molecular formula is C16H24FN2O8P. The van der Waals surface area contributed by atoms with Gasteiger partial charge >= 0.3 is 19.7 Å². The van der Waals surface area contributed by atoms with E-state index < -0.39 is 62.8 Å². The number of rotatable bonds is 7. The van der Waals surface area contributed by atoms with Crippen molar-refractivity contribution in [1.82, 2.24) is 9.32 Å². The number of halogens is 1. The van der Waals surface area contributed by atoms with Crippen molar-refractivity contribution < 1.29 is 42.2 Å². The maximum Gasteiger partial charge on any atom is 0.439 e. The van der Waals surface area contributed by atoms with E-state index in [1.54, 1.807) is 13.8 Å². The van der Waals surface area contributed by atoms with E-state index in [0.717, 1.165) is 17.6 Å². The molecule has 1 aliphatic heterocycles. The molecule has 2 heterocycles. The third-order valence-electron chi connectivity index (χ3n) is 4.55. The molecule has 0 aliphatic carbocycles. The lowest BCUT2D eigenvalue weighted by atomic mass is 9.82. The zero-order valence-electron chi connectivity index (χ0n) is 15.9. The monoisotopic (exact) mass is 422 g/mol. The van der Waals surface area contributed by atoms with Crippen LogP contribution in [-0.2, 0) is 32.9 Å². The lowest BCUT2D eigenvalue weighted by Crippen LogP contribution is -2.55. The molecule has 12 heteroatoms. The van der Waals surface area contributed by atoms with E-state index in [2.05, 4.69) is 4.98 Å². The summed E-state index contributed by atoms with van der Waals surface area (Å²) in [4.78, 5) is 36.3. The molecule has 28 heavy (non-hydrogen) atoms. The smallest absolute Gasteiger partial charge is 0.439 e. The van der Waals surface area contributed by atoms with Crippen LogP contribution < -0.4 is 0 Å². The van der Waals surface area contributed by atoms with Gasteiger partial charge in [0.15, 0.2) is 12.3 Å². The van der Waals surface area contributed by atoms with Gasteiger partial charge in [-0.15, -0.1) is 0 Å². The number of hydrogen-bond acceptors (Lipinski definition) is 8. The number of nitrogens with zero attached hydrogens (tertiary/aromatic N) is 2. The molecular weight excluding hydrogens is 398 g/mol. The Morgan fingerprint density at radius 2 is 2.00 bits per heavy atom. The van der Waals surface area contributed by atoms with Gasteiger partial charge in [0, 0.05) is 32.2 Å². The van der Waals surface area contributed by atoms with E-state index in [1.165, 1.54) is 19.3 Å². The second kappa shape index (κ2) is 9.13. The minimum atomic E-state index is -4.45. The lowest BCUT2D eigenvalue weighted by Gasteiger charge is -2.44. The summed E-state index contributed by atoms with van der Waals surface area (Å²) in [7, 11) is -4.45. The number of esters is 2. The van der Waals surface area contributed by atoms with E-state index in [0.29, 0.717) is 0 Å².